The second-order valence-electron chi connectivity index (χ2n) is 4.28. The normalized spacial score (nSPS) is 15.2. The number of hydrogen-bond donors (Lipinski definition) is 2. The monoisotopic (exact) mass is 234 g/mol. The zero-order valence-electron chi connectivity index (χ0n) is 9.93. The molecule has 88 valence electrons. The summed E-state index contributed by atoms with van der Waals surface area (Å²) in [5, 5.41) is 3.38. The SMILES string of the molecule is Nc1cccc2c1C=CC(=Cc1ccccc1)N2. The molecule has 3 N–H and O–H groups in total. The first-order valence-electron chi connectivity index (χ1n) is 5.93. The highest BCUT2D eigenvalue weighted by molar-refractivity contribution is 5.84. The van der Waals surface area contributed by atoms with Crippen LogP contribution in [-0.4, -0.2) is 0 Å². The van der Waals surface area contributed by atoms with Gasteiger partial charge in [0.15, 0.2) is 0 Å². The minimum Gasteiger partial charge on any atom is -0.398 e. The van der Waals surface area contributed by atoms with E-state index in [2.05, 4.69) is 29.6 Å². The van der Waals surface area contributed by atoms with Crippen molar-refractivity contribution in [3.8, 4) is 0 Å². The van der Waals surface area contributed by atoms with E-state index < -0.39 is 0 Å². The van der Waals surface area contributed by atoms with E-state index in [4.69, 9.17) is 5.73 Å². The minimum atomic E-state index is 0.801. The number of benzene rings is 2. The largest absolute Gasteiger partial charge is 0.398 e. The van der Waals surface area contributed by atoms with Gasteiger partial charge in [0.1, 0.15) is 0 Å². The van der Waals surface area contributed by atoms with Crippen LogP contribution in [0, 0.1) is 0 Å². The third kappa shape index (κ3) is 2.00. The number of anilines is 2. The van der Waals surface area contributed by atoms with Crippen molar-refractivity contribution in [2.24, 2.45) is 0 Å². The fourth-order valence-corrected chi connectivity index (χ4v) is 2.06. The summed E-state index contributed by atoms with van der Waals surface area (Å²) in [4.78, 5) is 0. The van der Waals surface area contributed by atoms with Crippen molar-refractivity contribution in [2.45, 2.75) is 0 Å². The van der Waals surface area contributed by atoms with Gasteiger partial charge in [-0.05, 0) is 35.9 Å². The molecular formula is C16H14N2. The summed E-state index contributed by atoms with van der Waals surface area (Å²) in [6, 6.07) is 16.2. The van der Waals surface area contributed by atoms with E-state index in [1.807, 2.05) is 42.5 Å². The van der Waals surface area contributed by atoms with Crippen molar-refractivity contribution < 1.29 is 0 Å². The molecule has 0 saturated carbocycles. The topological polar surface area (TPSA) is 38.0 Å². The zero-order chi connectivity index (χ0) is 12.4. The summed E-state index contributed by atoms with van der Waals surface area (Å²) in [7, 11) is 0. The molecule has 0 spiro atoms. The van der Waals surface area contributed by atoms with Crippen LogP contribution >= 0.6 is 0 Å². The van der Waals surface area contributed by atoms with Gasteiger partial charge < -0.3 is 11.1 Å². The third-order valence-electron chi connectivity index (χ3n) is 2.97. The summed E-state index contributed by atoms with van der Waals surface area (Å²) in [5.74, 6) is 0. The Morgan fingerprint density at radius 2 is 1.72 bits per heavy atom. The summed E-state index contributed by atoms with van der Waals surface area (Å²) >= 11 is 0. The first kappa shape index (κ1) is 10.7. The van der Waals surface area contributed by atoms with Gasteiger partial charge in [0.2, 0.25) is 0 Å². The van der Waals surface area contributed by atoms with Gasteiger partial charge in [0.25, 0.3) is 0 Å². The van der Waals surface area contributed by atoms with Gasteiger partial charge in [-0.2, -0.15) is 0 Å². The van der Waals surface area contributed by atoms with Crippen LogP contribution in [0.1, 0.15) is 11.1 Å². The molecule has 0 fully saturated rings. The predicted octanol–water partition coefficient (Wildman–Crippen LogP) is 3.75. The summed E-state index contributed by atoms with van der Waals surface area (Å²) in [6.07, 6.45) is 6.21. The van der Waals surface area contributed by atoms with Crippen LogP contribution in [0.5, 0.6) is 0 Å². The fraction of sp³-hybridized carbons (Fsp3) is 0. The second-order valence-corrected chi connectivity index (χ2v) is 4.28. The average molecular weight is 234 g/mol. The standard InChI is InChI=1S/C16H14N2/c17-15-7-4-8-16-14(15)10-9-13(18-16)11-12-5-2-1-3-6-12/h1-11,18H,17H2. The smallest absolute Gasteiger partial charge is 0.0478 e. The van der Waals surface area contributed by atoms with Crippen LogP contribution in [0.4, 0.5) is 11.4 Å². The molecule has 3 rings (SSSR count). The molecule has 1 aliphatic heterocycles. The molecule has 0 aromatic heterocycles. The Labute approximate surface area is 106 Å². The highest BCUT2D eigenvalue weighted by Crippen LogP contribution is 2.29. The Bertz CT molecular complexity index is 625. The molecule has 0 atom stereocenters. The summed E-state index contributed by atoms with van der Waals surface area (Å²) in [6.45, 7) is 0. The van der Waals surface area contributed by atoms with Crippen LogP contribution < -0.4 is 11.1 Å². The van der Waals surface area contributed by atoms with Crippen molar-refractivity contribution in [3.63, 3.8) is 0 Å². The number of rotatable bonds is 1. The molecule has 2 aromatic carbocycles. The van der Waals surface area contributed by atoms with Crippen LogP contribution in [0.2, 0.25) is 0 Å². The molecular weight excluding hydrogens is 220 g/mol. The van der Waals surface area contributed by atoms with Gasteiger partial charge in [-0.15, -0.1) is 0 Å². The van der Waals surface area contributed by atoms with E-state index in [-0.39, 0.29) is 0 Å². The van der Waals surface area contributed by atoms with E-state index in [9.17, 15) is 0 Å². The molecule has 0 aliphatic carbocycles. The Hall–Kier alpha value is -2.48. The highest BCUT2D eigenvalue weighted by Gasteiger charge is 2.08. The van der Waals surface area contributed by atoms with E-state index >= 15 is 0 Å². The molecule has 0 radical (unpaired) electrons. The van der Waals surface area contributed by atoms with Gasteiger partial charge >= 0.3 is 0 Å². The molecule has 0 amide bonds. The molecule has 0 bridgehead atoms. The lowest BCUT2D eigenvalue weighted by molar-refractivity contribution is 1.45. The first-order chi connectivity index (χ1) is 8.83. The van der Waals surface area contributed by atoms with Crippen molar-refractivity contribution in [1.29, 1.82) is 0 Å². The van der Waals surface area contributed by atoms with Gasteiger partial charge in [0, 0.05) is 22.6 Å². The van der Waals surface area contributed by atoms with Crippen LogP contribution in [0.25, 0.3) is 12.2 Å². The van der Waals surface area contributed by atoms with E-state index in [0.29, 0.717) is 0 Å². The number of fused-ring (bicyclic) bond motifs is 1. The minimum absolute atomic E-state index is 0.801. The molecule has 2 heteroatoms. The van der Waals surface area contributed by atoms with Gasteiger partial charge in [-0.1, -0.05) is 36.4 Å². The van der Waals surface area contributed by atoms with Gasteiger partial charge in [-0.3, -0.25) is 0 Å². The number of hydrogen-bond acceptors (Lipinski definition) is 2. The number of allylic oxidation sites excluding steroid dienone is 1. The van der Waals surface area contributed by atoms with Crippen LogP contribution in [0.3, 0.4) is 0 Å². The van der Waals surface area contributed by atoms with Crippen LogP contribution in [0.15, 0.2) is 60.3 Å². The second kappa shape index (κ2) is 4.41. The van der Waals surface area contributed by atoms with E-state index in [1.165, 1.54) is 5.56 Å². The molecule has 18 heavy (non-hydrogen) atoms. The number of nitrogen functional groups attached to an aromatic ring is 1. The molecule has 1 heterocycles. The van der Waals surface area contributed by atoms with Crippen molar-refractivity contribution in [2.75, 3.05) is 11.1 Å². The zero-order valence-corrected chi connectivity index (χ0v) is 9.93. The van der Waals surface area contributed by atoms with Crippen molar-refractivity contribution >= 4 is 23.5 Å². The molecule has 2 nitrogen and oxygen atoms in total. The maximum absolute atomic E-state index is 5.93. The van der Waals surface area contributed by atoms with E-state index in [0.717, 1.165) is 22.6 Å². The fourth-order valence-electron chi connectivity index (χ4n) is 2.06. The quantitative estimate of drug-likeness (QED) is 0.737. The third-order valence-corrected chi connectivity index (χ3v) is 2.97. The molecule has 0 saturated heterocycles. The van der Waals surface area contributed by atoms with E-state index in [1.54, 1.807) is 0 Å². The van der Waals surface area contributed by atoms with Crippen molar-refractivity contribution in [1.82, 2.24) is 0 Å². The summed E-state index contributed by atoms with van der Waals surface area (Å²) in [5.41, 5.74) is 11.1. The Morgan fingerprint density at radius 3 is 2.56 bits per heavy atom. The Kier molecular flexibility index (Phi) is 2.61. The Balaban J connectivity index is 1.95. The molecule has 1 aliphatic rings. The highest BCUT2D eigenvalue weighted by atomic mass is 14.9. The number of nitrogens with two attached hydrogens (primary N) is 1. The maximum Gasteiger partial charge on any atom is 0.0478 e. The van der Waals surface area contributed by atoms with Gasteiger partial charge in [0.05, 0.1) is 0 Å². The lowest BCUT2D eigenvalue weighted by Crippen LogP contribution is -2.04. The first-order valence-corrected chi connectivity index (χ1v) is 5.93. The summed E-state index contributed by atoms with van der Waals surface area (Å²) < 4.78 is 0. The van der Waals surface area contributed by atoms with Crippen LogP contribution in [-0.2, 0) is 0 Å². The van der Waals surface area contributed by atoms with Gasteiger partial charge in [-0.25, -0.2) is 0 Å². The lowest BCUT2D eigenvalue weighted by atomic mass is 10.0. The molecule has 2 aromatic rings. The Morgan fingerprint density at radius 1 is 0.889 bits per heavy atom. The maximum atomic E-state index is 5.93. The lowest BCUT2D eigenvalue weighted by Gasteiger charge is -2.17. The molecule has 0 unspecified atom stereocenters. The average Bonchev–Trinajstić information content (AvgIpc) is 2.40. The predicted molar refractivity (Wildman–Crippen MR) is 77.9 cm³/mol. The van der Waals surface area contributed by atoms with Crippen molar-refractivity contribution in [3.05, 3.63) is 71.4 Å². The number of nitrogens with one attached hydrogen (secondary N) is 1.